The Kier molecular flexibility index (Phi) is 5.43. The van der Waals surface area contributed by atoms with Gasteiger partial charge in [0.2, 0.25) is 0 Å². The molecule has 1 aliphatic carbocycles. The molecule has 154 valence electrons. The lowest BCUT2D eigenvalue weighted by molar-refractivity contribution is -0.141. The maximum absolute atomic E-state index is 12.3. The molecule has 0 aliphatic heterocycles. The second-order valence-corrected chi connectivity index (χ2v) is 9.38. The minimum atomic E-state index is -0.263. The van der Waals surface area contributed by atoms with Gasteiger partial charge in [-0.3, -0.25) is 9.20 Å². The number of thiophene rings is 1. The summed E-state index contributed by atoms with van der Waals surface area (Å²) in [6.45, 7) is 2.37. The molecule has 0 N–H and O–H groups in total. The summed E-state index contributed by atoms with van der Waals surface area (Å²) in [5.74, 6) is 0.859. The van der Waals surface area contributed by atoms with Crippen molar-refractivity contribution in [1.82, 2.24) is 19.6 Å². The number of nitrogens with zero attached hydrogens (tertiary/aromatic N) is 4. The molecule has 5 rings (SSSR count). The molecule has 1 aliphatic rings. The van der Waals surface area contributed by atoms with Gasteiger partial charge in [-0.1, -0.05) is 49.0 Å². The topological polar surface area (TPSA) is 69.4 Å². The second kappa shape index (κ2) is 8.35. The summed E-state index contributed by atoms with van der Waals surface area (Å²) in [6.07, 6.45) is 5.45. The van der Waals surface area contributed by atoms with Crippen LogP contribution >= 0.6 is 23.1 Å². The van der Waals surface area contributed by atoms with Crippen molar-refractivity contribution in [1.29, 1.82) is 0 Å². The lowest BCUT2D eigenvalue weighted by atomic mass is 9.97. The number of benzene rings is 1. The predicted molar refractivity (Wildman–Crippen MR) is 119 cm³/mol. The van der Waals surface area contributed by atoms with Crippen molar-refractivity contribution in [3.05, 3.63) is 52.2 Å². The van der Waals surface area contributed by atoms with E-state index in [-0.39, 0.29) is 18.3 Å². The van der Waals surface area contributed by atoms with E-state index >= 15 is 0 Å². The highest BCUT2D eigenvalue weighted by Crippen LogP contribution is 2.38. The molecule has 8 heteroatoms. The van der Waals surface area contributed by atoms with Crippen molar-refractivity contribution in [2.75, 3.05) is 5.75 Å². The summed E-state index contributed by atoms with van der Waals surface area (Å²) in [5, 5.41) is 10.8. The lowest BCUT2D eigenvalue weighted by Crippen LogP contribution is -2.08. The molecule has 0 bridgehead atoms. The summed E-state index contributed by atoms with van der Waals surface area (Å²) >= 11 is 3.16. The largest absolute Gasteiger partial charge is 0.460 e. The molecule has 1 aromatic carbocycles. The van der Waals surface area contributed by atoms with Crippen LogP contribution in [0.15, 0.2) is 35.5 Å². The predicted octanol–water partition coefficient (Wildman–Crippen LogP) is 4.62. The second-order valence-electron chi connectivity index (χ2n) is 7.35. The van der Waals surface area contributed by atoms with E-state index in [1.165, 1.54) is 35.0 Å². The number of hydrogen-bond acceptors (Lipinski definition) is 7. The van der Waals surface area contributed by atoms with E-state index in [0.717, 1.165) is 46.5 Å². The third-order valence-corrected chi connectivity index (χ3v) is 7.46. The van der Waals surface area contributed by atoms with Crippen LogP contribution in [0.1, 0.15) is 41.6 Å². The fourth-order valence-electron chi connectivity index (χ4n) is 3.93. The molecule has 0 saturated carbocycles. The maximum Gasteiger partial charge on any atom is 0.316 e. The van der Waals surface area contributed by atoms with Gasteiger partial charge >= 0.3 is 5.97 Å². The number of carbonyl (C=O) groups excluding carboxylic acids is 1. The van der Waals surface area contributed by atoms with Crippen LogP contribution in [-0.4, -0.2) is 31.3 Å². The number of thioether (sulfide) groups is 1. The van der Waals surface area contributed by atoms with E-state index in [2.05, 4.69) is 17.1 Å². The number of fused-ring (bicyclic) bond motifs is 5. The summed E-state index contributed by atoms with van der Waals surface area (Å²) < 4.78 is 7.42. The summed E-state index contributed by atoms with van der Waals surface area (Å²) in [5.41, 5.74) is 3.25. The molecule has 0 fully saturated rings. The molecule has 3 aromatic heterocycles. The van der Waals surface area contributed by atoms with Crippen molar-refractivity contribution in [2.45, 2.75) is 50.8 Å². The summed E-state index contributed by atoms with van der Waals surface area (Å²) in [4.78, 5) is 19.7. The van der Waals surface area contributed by atoms with Crippen molar-refractivity contribution in [3.63, 3.8) is 0 Å². The molecule has 0 atom stereocenters. The van der Waals surface area contributed by atoms with E-state index in [9.17, 15) is 4.79 Å². The highest BCUT2D eigenvalue weighted by Gasteiger charge is 2.23. The highest BCUT2D eigenvalue weighted by atomic mass is 32.2. The van der Waals surface area contributed by atoms with Gasteiger partial charge in [0.15, 0.2) is 10.8 Å². The van der Waals surface area contributed by atoms with Gasteiger partial charge in [0.05, 0.1) is 11.1 Å². The molecule has 30 heavy (non-hydrogen) atoms. The van der Waals surface area contributed by atoms with Crippen LogP contribution in [0, 0.1) is 0 Å². The van der Waals surface area contributed by atoms with Gasteiger partial charge in [0.25, 0.3) is 0 Å². The quantitative estimate of drug-likeness (QED) is 0.323. The molecule has 0 radical (unpaired) electrons. The molecule has 0 spiro atoms. The molecule has 0 unspecified atom stereocenters. The van der Waals surface area contributed by atoms with Crippen molar-refractivity contribution in [3.8, 4) is 0 Å². The van der Waals surface area contributed by atoms with Gasteiger partial charge in [-0.15, -0.1) is 21.5 Å². The van der Waals surface area contributed by atoms with Crippen LogP contribution in [0.5, 0.6) is 0 Å². The molecular formula is C22H22N4O2S2. The smallest absolute Gasteiger partial charge is 0.316 e. The fraction of sp³-hybridized carbons (Fsp3) is 0.364. The first-order chi connectivity index (χ1) is 14.7. The van der Waals surface area contributed by atoms with E-state index in [1.54, 1.807) is 11.3 Å². The first-order valence-electron chi connectivity index (χ1n) is 10.2. The first-order valence-corrected chi connectivity index (χ1v) is 12.1. The van der Waals surface area contributed by atoms with Gasteiger partial charge in [-0.2, -0.15) is 0 Å². The van der Waals surface area contributed by atoms with E-state index < -0.39 is 0 Å². The fourth-order valence-corrected chi connectivity index (χ4v) is 5.95. The number of ether oxygens (including phenoxy) is 1. The minimum Gasteiger partial charge on any atom is -0.460 e. The molecule has 6 nitrogen and oxygen atoms in total. The van der Waals surface area contributed by atoms with Gasteiger partial charge in [-0.25, -0.2) is 4.98 Å². The first kappa shape index (κ1) is 19.5. The zero-order valence-corrected chi connectivity index (χ0v) is 18.4. The Bertz CT molecular complexity index is 1220. The van der Waals surface area contributed by atoms with Crippen molar-refractivity contribution >= 4 is 44.9 Å². The van der Waals surface area contributed by atoms with Crippen LogP contribution in [0.25, 0.3) is 15.9 Å². The molecule has 0 amide bonds. The van der Waals surface area contributed by atoms with E-state index in [1.807, 2.05) is 34.7 Å². The summed E-state index contributed by atoms with van der Waals surface area (Å²) in [7, 11) is 0. The Balaban J connectivity index is 1.40. The number of hydrogen-bond donors (Lipinski definition) is 0. The minimum absolute atomic E-state index is 0.191. The number of aryl methyl sites for hydroxylation is 3. The Labute approximate surface area is 182 Å². The standard InChI is InChI=1S/C22H22N4O2S2/c1-2-17-23-21-19(15-10-6-7-11-16(15)30-21)20-24-25-22(26(17)20)29-13-18(27)28-12-14-8-4-3-5-9-14/h3-5,8-9H,2,6-7,10-13H2,1H3. The maximum atomic E-state index is 12.3. The van der Waals surface area contributed by atoms with Crippen LogP contribution in [0.4, 0.5) is 0 Å². The van der Waals surface area contributed by atoms with Crippen LogP contribution < -0.4 is 0 Å². The number of aromatic nitrogens is 4. The van der Waals surface area contributed by atoms with Crippen molar-refractivity contribution in [2.24, 2.45) is 0 Å². The third kappa shape index (κ3) is 3.58. The van der Waals surface area contributed by atoms with E-state index in [4.69, 9.17) is 9.72 Å². The lowest BCUT2D eigenvalue weighted by Gasteiger charge is -2.11. The SMILES string of the molecule is CCc1nc2sc3c(c2c2nnc(SCC(=O)OCc4ccccc4)n12)CCCC3. The zero-order valence-electron chi connectivity index (χ0n) is 16.8. The van der Waals surface area contributed by atoms with Gasteiger partial charge in [0.1, 0.15) is 17.3 Å². The molecule has 3 heterocycles. The third-order valence-electron chi connectivity index (χ3n) is 5.38. The Morgan fingerprint density at radius 2 is 2.03 bits per heavy atom. The monoisotopic (exact) mass is 438 g/mol. The van der Waals surface area contributed by atoms with Crippen LogP contribution in [0.2, 0.25) is 0 Å². The number of rotatable bonds is 6. The zero-order chi connectivity index (χ0) is 20.5. The number of esters is 1. The van der Waals surface area contributed by atoms with E-state index in [0.29, 0.717) is 5.16 Å². The average Bonchev–Trinajstić information content (AvgIpc) is 3.37. The molecular weight excluding hydrogens is 416 g/mol. The Morgan fingerprint density at radius 1 is 1.20 bits per heavy atom. The van der Waals surface area contributed by atoms with Gasteiger partial charge < -0.3 is 4.74 Å². The van der Waals surface area contributed by atoms with Crippen molar-refractivity contribution < 1.29 is 9.53 Å². The Morgan fingerprint density at radius 3 is 2.87 bits per heavy atom. The summed E-state index contributed by atoms with van der Waals surface area (Å²) in [6, 6.07) is 9.70. The highest BCUT2D eigenvalue weighted by molar-refractivity contribution is 7.99. The van der Waals surface area contributed by atoms with Gasteiger partial charge in [-0.05, 0) is 36.8 Å². The normalized spacial score (nSPS) is 13.6. The molecule has 0 saturated heterocycles. The van der Waals surface area contributed by atoms with Crippen LogP contribution in [-0.2, 0) is 35.4 Å². The Hall–Kier alpha value is -2.45. The van der Waals surface area contributed by atoms with Gasteiger partial charge in [0, 0.05) is 11.3 Å². The molecule has 4 aromatic rings. The number of carbonyl (C=O) groups is 1. The van der Waals surface area contributed by atoms with Crippen LogP contribution in [0.3, 0.4) is 0 Å². The average molecular weight is 439 g/mol.